The summed E-state index contributed by atoms with van der Waals surface area (Å²) < 4.78 is 21.4. The molecule has 1 unspecified atom stereocenters. The number of Topliss-reactive ketones (excluding diaryl/α,β-unsaturated/α-hetero) is 1. The van der Waals surface area contributed by atoms with Crippen molar-refractivity contribution in [3.63, 3.8) is 0 Å². The molecule has 1 N–H and O–H groups in total. The first-order valence-corrected chi connectivity index (χ1v) is 11.8. The molecule has 190 valence electrons. The molecule has 2 aliphatic carbocycles. The van der Waals surface area contributed by atoms with Gasteiger partial charge in [0.05, 0.1) is 44.3 Å². The third-order valence-electron chi connectivity index (χ3n) is 8.32. The molecule has 0 amide bonds. The van der Waals surface area contributed by atoms with Crippen LogP contribution in [0.4, 0.5) is 0 Å². The van der Waals surface area contributed by atoms with Crippen LogP contribution in [0.25, 0.3) is 0 Å². The highest BCUT2D eigenvalue weighted by atomic mass is 16.6. The zero-order valence-electron chi connectivity index (χ0n) is 20.0. The van der Waals surface area contributed by atoms with Crippen molar-refractivity contribution >= 4 is 29.7 Å². The predicted molar refractivity (Wildman–Crippen MR) is 116 cm³/mol. The maximum absolute atomic E-state index is 13.9. The molecule has 4 rings (SSSR count). The van der Waals surface area contributed by atoms with Crippen LogP contribution in [0.2, 0.25) is 0 Å². The summed E-state index contributed by atoms with van der Waals surface area (Å²) in [5, 5.41) is 8.86. The molecule has 10 nitrogen and oxygen atoms in total. The largest absolute Gasteiger partial charge is 0.481 e. The number of hydrogen-bond acceptors (Lipinski definition) is 9. The van der Waals surface area contributed by atoms with Gasteiger partial charge in [0.15, 0.2) is 11.9 Å². The Balaban J connectivity index is 1.71. The monoisotopic (exact) mass is 490 g/mol. The summed E-state index contributed by atoms with van der Waals surface area (Å²) in [4.78, 5) is 63.1. The van der Waals surface area contributed by atoms with E-state index < -0.39 is 77.5 Å². The van der Waals surface area contributed by atoms with E-state index in [2.05, 4.69) is 0 Å². The molecular formula is C25H30O10. The van der Waals surface area contributed by atoms with E-state index in [0.29, 0.717) is 24.8 Å². The number of ketones is 1. The minimum atomic E-state index is -1.24. The molecule has 7 atom stereocenters. The number of furan rings is 1. The Morgan fingerprint density at radius 1 is 1.17 bits per heavy atom. The van der Waals surface area contributed by atoms with Gasteiger partial charge in [-0.15, -0.1) is 0 Å². The number of fused-ring (bicyclic) bond motifs is 3. The number of methoxy groups -OCH3 is 1. The van der Waals surface area contributed by atoms with E-state index in [1.807, 2.05) is 13.8 Å². The van der Waals surface area contributed by atoms with Gasteiger partial charge in [-0.3, -0.25) is 24.0 Å². The molecular weight excluding hydrogens is 460 g/mol. The van der Waals surface area contributed by atoms with Crippen molar-refractivity contribution in [2.45, 2.75) is 64.6 Å². The number of hydrogen-bond donors (Lipinski definition) is 1. The predicted octanol–water partition coefficient (Wildman–Crippen LogP) is 2.85. The smallest absolute Gasteiger partial charge is 0.310 e. The fourth-order valence-electron chi connectivity index (χ4n) is 6.69. The van der Waals surface area contributed by atoms with E-state index in [-0.39, 0.29) is 12.2 Å². The lowest BCUT2D eigenvalue weighted by Gasteiger charge is -2.61. The van der Waals surface area contributed by atoms with Crippen LogP contribution < -0.4 is 0 Å². The molecule has 3 aliphatic rings. The molecule has 35 heavy (non-hydrogen) atoms. The summed E-state index contributed by atoms with van der Waals surface area (Å²) in [6, 6.07) is 1.70. The van der Waals surface area contributed by atoms with Gasteiger partial charge in [0.2, 0.25) is 0 Å². The summed E-state index contributed by atoms with van der Waals surface area (Å²) >= 11 is 0. The second-order valence-electron chi connectivity index (χ2n) is 10.3. The number of carbonyl (C=O) groups is 5. The third-order valence-corrected chi connectivity index (χ3v) is 8.32. The van der Waals surface area contributed by atoms with Crippen molar-refractivity contribution < 1.29 is 47.7 Å². The van der Waals surface area contributed by atoms with Gasteiger partial charge in [-0.2, -0.15) is 0 Å². The van der Waals surface area contributed by atoms with E-state index in [0.717, 1.165) is 0 Å². The van der Waals surface area contributed by atoms with E-state index >= 15 is 0 Å². The van der Waals surface area contributed by atoms with E-state index in [9.17, 15) is 24.0 Å². The molecule has 3 fully saturated rings. The van der Waals surface area contributed by atoms with Crippen molar-refractivity contribution in [3.8, 4) is 0 Å². The van der Waals surface area contributed by atoms with Gasteiger partial charge in [-0.1, -0.05) is 13.8 Å². The van der Waals surface area contributed by atoms with E-state index in [1.165, 1.54) is 19.6 Å². The molecule has 2 saturated carbocycles. The van der Waals surface area contributed by atoms with Gasteiger partial charge in [-0.25, -0.2) is 0 Å². The van der Waals surface area contributed by atoms with Crippen LogP contribution in [-0.2, 0) is 38.2 Å². The van der Waals surface area contributed by atoms with Gasteiger partial charge >= 0.3 is 23.9 Å². The molecule has 0 aromatic carbocycles. The summed E-state index contributed by atoms with van der Waals surface area (Å²) in [7, 11) is 1.27. The van der Waals surface area contributed by atoms with Crippen LogP contribution in [0.15, 0.2) is 23.0 Å². The average Bonchev–Trinajstić information content (AvgIpc) is 3.33. The first kappa shape index (κ1) is 24.9. The zero-order valence-corrected chi connectivity index (χ0v) is 20.0. The average molecular weight is 491 g/mol. The molecule has 0 bridgehead atoms. The number of carboxylic acid groups (broad SMARTS) is 1. The quantitative estimate of drug-likeness (QED) is 0.466. The minimum absolute atomic E-state index is 0.0479. The van der Waals surface area contributed by atoms with Gasteiger partial charge in [-0.05, 0) is 36.2 Å². The highest BCUT2D eigenvalue weighted by Gasteiger charge is 2.67. The Morgan fingerprint density at radius 3 is 2.54 bits per heavy atom. The van der Waals surface area contributed by atoms with Crippen LogP contribution in [0.1, 0.15) is 64.0 Å². The lowest BCUT2D eigenvalue weighted by Crippen LogP contribution is -2.64. The molecule has 1 aliphatic heterocycles. The zero-order chi connectivity index (χ0) is 25.5. The molecule has 2 heterocycles. The van der Waals surface area contributed by atoms with Crippen molar-refractivity contribution in [1.29, 1.82) is 0 Å². The van der Waals surface area contributed by atoms with Gasteiger partial charge in [0.1, 0.15) is 6.10 Å². The number of rotatable bonds is 6. The second-order valence-corrected chi connectivity index (χ2v) is 10.3. The fourth-order valence-corrected chi connectivity index (χ4v) is 6.69. The van der Waals surface area contributed by atoms with Crippen molar-refractivity contribution in [2.75, 3.05) is 7.11 Å². The lowest BCUT2D eigenvalue weighted by molar-refractivity contribution is -0.210. The summed E-state index contributed by atoms with van der Waals surface area (Å²) in [5.74, 6) is -5.35. The Bertz CT molecular complexity index is 1030. The maximum atomic E-state index is 13.9. The minimum Gasteiger partial charge on any atom is -0.481 e. The maximum Gasteiger partial charge on any atom is 0.310 e. The highest BCUT2D eigenvalue weighted by Crippen LogP contribution is 2.65. The number of cyclic esters (lactones) is 1. The Kier molecular flexibility index (Phi) is 6.50. The van der Waals surface area contributed by atoms with Crippen LogP contribution in [0, 0.1) is 28.6 Å². The molecule has 1 aromatic rings. The molecule has 10 heteroatoms. The van der Waals surface area contributed by atoms with Crippen molar-refractivity contribution in [1.82, 2.24) is 0 Å². The number of esters is 3. The normalized spacial score (nSPS) is 36.4. The Labute approximate surface area is 202 Å². The van der Waals surface area contributed by atoms with Crippen LogP contribution >= 0.6 is 0 Å². The third kappa shape index (κ3) is 4.23. The number of carboxylic acids is 1. The number of carbonyl (C=O) groups excluding carboxylic acids is 4. The summed E-state index contributed by atoms with van der Waals surface area (Å²) in [5.41, 5.74) is -1.02. The van der Waals surface area contributed by atoms with Gasteiger partial charge in [0, 0.05) is 17.9 Å². The molecule has 0 spiro atoms. The molecule has 1 aromatic heterocycles. The Morgan fingerprint density at radius 2 is 1.91 bits per heavy atom. The SMILES string of the molecule is COC(=O)[C@@H]1C[C@H](OC(=O)CCC(=O)O)C(=O)C2[C@@]1(C)CC[C@H]1C(=O)O[C@H](c3ccoc3)C[C@]21C. The van der Waals surface area contributed by atoms with Gasteiger partial charge < -0.3 is 23.7 Å². The first-order chi connectivity index (χ1) is 16.5. The summed E-state index contributed by atoms with van der Waals surface area (Å²) in [6.45, 7) is 3.74. The highest BCUT2D eigenvalue weighted by molar-refractivity contribution is 5.93. The van der Waals surface area contributed by atoms with Crippen LogP contribution in [0.5, 0.6) is 0 Å². The van der Waals surface area contributed by atoms with Crippen molar-refractivity contribution in [2.24, 2.45) is 28.6 Å². The topological polar surface area (TPSA) is 146 Å². The Hall–Kier alpha value is -3.17. The van der Waals surface area contributed by atoms with Gasteiger partial charge in [0.25, 0.3) is 0 Å². The second kappa shape index (κ2) is 9.13. The fraction of sp³-hybridized carbons (Fsp3) is 0.640. The molecule has 1 saturated heterocycles. The van der Waals surface area contributed by atoms with Crippen LogP contribution in [-0.4, -0.2) is 48.0 Å². The van der Waals surface area contributed by atoms with Crippen LogP contribution in [0.3, 0.4) is 0 Å². The standard InChI is InChI=1S/C25H30O10/c1-24-8-6-14-23(31)35-17(13-7-9-33-12-13)11-25(14,2)21(24)20(29)16(10-15(24)22(30)32-3)34-19(28)5-4-18(26)27/h7,9,12,14-17,21H,4-6,8,10-11H2,1-3H3,(H,26,27)/t14-,15-,16-,17-,21?,24-,25-/m0/s1. The first-order valence-electron chi connectivity index (χ1n) is 11.8. The lowest BCUT2D eigenvalue weighted by atomic mass is 9.43. The summed E-state index contributed by atoms with van der Waals surface area (Å²) in [6.07, 6.45) is 1.46. The van der Waals surface area contributed by atoms with E-state index in [1.54, 1.807) is 6.07 Å². The number of aliphatic carboxylic acids is 1. The molecule has 0 radical (unpaired) electrons. The van der Waals surface area contributed by atoms with Crippen molar-refractivity contribution in [3.05, 3.63) is 24.2 Å². The number of ether oxygens (including phenoxy) is 3. The van der Waals surface area contributed by atoms with E-state index in [4.69, 9.17) is 23.7 Å².